The van der Waals surface area contributed by atoms with Crippen LogP contribution in [0.15, 0.2) is 22.7 Å². The van der Waals surface area contributed by atoms with E-state index >= 15 is 0 Å². The summed E-state index contributed by atoms with van der Waals surface area (Å²) in [5.74, 6) is 0.390. The molecule has 1 heterocycles. The van der Waals surface area contributed by atoms with Gasteiger partial charge in [-0.15, -0.1) is 0 Å². The first-order valence-electron chi connectivity index (χ1n) is 8.35. The number of nitrogens with one attached hydrogen (secondary N) is 1. The number of halogens is 2. The SMILES string of the molecule is CC(Nc1ccc(Cl)c(Br)c1)C1CCCN(C(=O)OC(C)(C)C)C1. The van der Waals surface area contributed by atoms with Gasteiger partial charge in [-0.25, -0.2) is 4.79 Å². The second-order valence-corrected chi connectivity index (χ2v) is 8.65. The summed E-state index contributed by atoms with van der Waals surface area (Å²) < 4.78 is 6.37. The van der Waals surface area contributed by atoms with E-state index in [-0.39, 0.29) is 12.1 Å². The summed E-state index contributed by atoms with van der Waals surface area (Å²) in [6.07, 6.45) is 1.89. The van der Waals surface area contributed by atoms with Gasteiger partial charge in [0.2, 0.25) is 0 Å². The van der Waals surface area contributed by atoms with Crippen LogP contribution in [0.25, 0.3) is 0 Å². The van der Waals surface area contributed by atoms with E-state index in [9.17, 15) is 4.79 Å². The predicted octanol–water partition coefficient (Wildman–Crippen LogP) is 5.55. The monoisotopic (exact) mass is 416 g/mol. The Morgan fingerprint density at radius 2 is 2.17 bits per heavy atom. The van der Waals surface area contributed by atoms with Gasteiger partial charge in [-0.2, -0.15) is 0 Å². The molecule has 2 atom stereocenters. The second kappa shape index (κ2) is 7.96. The zero-order valence-corrected chi connectivity index (χ0v) is 17.1. The number of rotatable bonds is 3. The zero-order valence-electron chi connectivity index (χ0n) is 14.7. The number of carbonyl (C=O) groups is 1. The fraction of sp³-hybridized carbons (Fsp3) is 0.611. The fourth-order valence-corrected chi connectivity index (χ4v) is 3.37. The molecule has 1 saturated heterocycles. The minimum Gasteiger partial charge on any atom is -0.444 e. The van der Waals surface area contributed by atoms with Crippen molar-refractivity contribution >= 4 is 39.3 Å². The number of amides is 1. The summed E-state index contributed by atoms with van der Waals surface area (Å²) in [5, 5.41) is 4.22. The molecule has 1 aromatic carbocycles. The average Bonchev–Trinajstić information content (AvgIpc) is 2.49. The summed E-state index contributed by atoms with van der Waals surface area (Å²) in [7, 11) is 0. The van der Waals surface area contributed by atoms with E-state index in [0.29, 0.717) is 10.9 Å². The minimum atomic E-state index is -0.455. The molecular formula is C18H26BrClN2O2. The quantitative estimate of drug-likeness (QED) is 0.701. The molecule has 0 bridgehead atoms. The smallest absolute Gasteiger partial charge is 0.410 e. The Hall–Kier alpha value is -0.940. The Labute approximate surface area is 158 Å². The van der Waals surface area contributed by atoms with Crippen molar-refractivity contribution in [3.8, 4) is 0 Å². The van der Waals surface area contributed by atoms with Crippen LogP contribution in [0.2, 0.25) is 5.02 Å². The number of nitrogens with zero attached hydrogens (tertiary/aromatic N) is 1. The van der Waals surface area contributed by atoms with Crippen molar-refractivity contribution in [1.29, 1.82) is 0 Å². The third-order valence-corrected chi connectivity index (χ3v) is 5.34. The Kier molecular flexibility index (Phi) is 6.43. The number of hydrogen-bond acceptors (Lipinski definition) is 3. The van der Waals surface area contributed by atoms with Crippen molar-refractivity contribution in [1.82, 2.24) is 4.90 Å². The van der Waals surface area contributed by atoms with Crippen molar-refractivity contribution in [3.63, 3.8) is 0 Å². The van der Waals surface area contributed by atoms with Gasteiger partial charge < -0.3 is 15.0 Å². The van der Waals surface area contributed by atoms with Crippen molar-refractivity contribution in [2.24, 2.45) is 5.92 Å². The van der Waals surface area contributed by atoms with Gasteiger partial charge in [0.15, 0.2) is 0 Å². The summed E-state index contributed by atoms with van der Waals surface area (Å²) in [6.45, 7) is 9.34. The molecular weight excluding hydrogens is 392 g/mol. The van der Waals surface area contributed by atoms with E-state index in [0.717, 1.165) is 36.1 Å². The van der Waals surface area contributed by atoms with Crippen LogP contribution in [0.5, 0.6) is 0 Å². The topological polar surface area (TPSA) is 41.6 Å². The number of anilines is 1. The maximum atomic E-state index is 12.3. The summed E-state index contributed by atoms with van der Waals surface area (Å²) in [4.78, 5) is 14.1. The molecule has 24 heavy (non-hydrogen) atoms. The number of ether oxygens (including phenoxy) is 1. The molecule has 1 aliphatic heterocycles. The van der Waals surface area contributed by atoms with Gasteiger partial charge in [0, 0.05) is 29.3 Å². The number of carbonyl (C=O) groups excluding carboxylic acids is 1. The van der Waals surface area contributed by atoms with Gasteiger partial charge in [-0.3, -0.25) is 0 Å². The van der Waals surface area contributed by atoms with Gasteiger partial charge in [0.1, 0.15) is 5.60 Å². The van der Waals surface area contributed by atoms with Crippen molar-refractivity contribution in [2.75, 3.05) is 18.4 Å². The molecule has 6 heteroatoms. The third kappa shape index (κ3) is 5.55. The molecule has 2 rings (SSSR count). The van der Waals surface area contributed by atoms with Crippen molar-refractivity contribution in [2.45, 2.75) is 52.2 Å². The number of likely N-dealkylation sites (tertiary alicyclic amines) is 1. The maximum Gasteiger partial charge on any atom is 0.410 e. The third-order valence-electron chi connectivity index (χ3n) is 4.13. The molecule has 1 aromatic rings. The van der Waals surface area contributed by atoms with Crippen LogP contribution >= 0.6 is 27.5 Å². The molecule has 2 unspecified atom stereocenters. The van der Waals surface area contributed by atoms with Gasteiger partial charge in [0.25, 0.3) is 0 Å². The Morgan fingerprint density at radius 1 is 1.46 bits per heavy atom. The van der Waals surface area contributed by atoms with Gasteiger partial charge in [-0.1, -0.05) is 11.6 Å². The van der Waals surface area contributed by atoms with E-state index in [1.54, 1.807) is 0 Å². The van der Waals surface area contributed by atoms with Crippen LogP contribution in [0, 0.1) is 5.92 Å². The lowest BCUT2D eigenvalue weighted by atomic mass is 9.91. The highest BCUT2D eigenvalue weighted by molar-refractivity contribution is 9.10. The molecule has 1 N–H and O–H groups in total. The van der Waals surface area contributed by atoms with Crippen LogP contribution in [0.3, 0.4) is 0 Å². The molecule has 0 saturated carbocycles. The number of hydrogen-bond donors (Lipinski definition) is 1. The van der Waals surface area contributed by atoms with Gasteiger partial charge in [0.05, 0.1) is 5.02 Å². The highest BCUT2D eigenvalue weighted by Gasteiger charge is 2.30. The Balaban J connectivity index is 1.95. The average molecular weight is 418 g/mol. The van der Waals surface area contributed by atoms with Gasteiger partial charge >= 0.3 is 6.09 Å². The first-order chi connectivity index (χ1) is 11.2. The van der Waals surface area contributed by atoms with Crippen LogP contribution in [-0.4, -0.2) is 35.7 Å². The molecule has 1 amide bonds. The predicted molar refractivity (Wildman–Crippen MR) is 103 cm³/mol. The molecule has 1 aliphatic rings. The lowest BCUT2D eigenvalue weighted by Gasteiger charge is -2.37. The largest absolute Gasteiger partial charge is 0.444 e. The van der Waals surface area contributed by atoms with Crippen LogP contribution < -0.4 is 5.32 Å². The highest BCUT2D eigenvalue weighted by atomic mass is 79.9. The van der Waals surface area contributed by atoms with E-state index in [2.05, 4.69) is 28.2 Å². The molecule has 134 valence electrons. The minimum absolute atomic E-state index is 0.214. The van der Waals surface area contributed by atoms with E-state index in [1.165, 1.54) is 0 Å². The van der Waals surface area contributed by atoms with E-state index in [1.807, 2.05) is 43.9 Å². The van der Waals surface area contributed by atoms with Gasteiger partial charge in [-0.05, 0) is 80.6 Å². The lowest BCUT2D eigenvalue weighted by molar-refractivity contribution is 0.0159. The van der Waals surface area contributed by atoms with E-state index < -0.39 is 5.60 Å². The van der Waals surface area contributed by atoms with Crippen LogP contribution in [-0.2, 0) is 4.74 Å². The summed E-state index contributed by atoms with van der Waals surface area (Å²) in [5.41, 5.74) is 0.567. The zero-order chi connectivity index (χ0) is 17.9. The lowest BCUT2D eigenvalue weighted by Crippen LogP contribution is -2.46. The Morgan fingerprint density at radius 3 is 2.79 bits per heavy atom. The van der Waals surface area contributed by atoms with E-state index in [4.69, 9.17) is 16.3 Å². The molecule has 0 spiro atoms. The second-order valence-electron chi connectivity index (χ2n) is 7.39. The first kappa shape index (κ1) is 19.4. The summed E-state index contributed by atoms with van der Waals surface area (Å²) in [6, 6.07) is 6.07. The molecule has 0 aromatic heterocycles. The van der Waals surface area contributed by atoms with Crippen molar-refractivity contribution in [3.05, 3.63) is 27.7 Å². The molecule has 0 radical (unpaired) electrons. The number of benzene rings is 1. The summed E-state index contributed by atoms with van der Waals surface area (Å²) >= 11 is 9.49. The van der Waals surface area contributed by atoms with Crippen LogP contribution in [0.4, 0.5) is 10.5 Å². The normalized spacial score (nSPS) is 19.8. The number of piperidine rings is 1. The fourth-order valence-electron chi connectivity index (χ4n) is 2.88. The molecule has 1 fully saturated rings. The first-order valence-corrected chi connectivity index (χ1v) is 9.52. The van der Waals surface area contributed by atoms with Crippen molar-refractivity contribution < 1.29 is 9.53 Å². The highest BCUT2D eigenvalue weighted by Crippen LogP contribution is 2.28. The maximum absolute atomic E-state index is 12.3. The molecule has 0 aliphatic carbocycles. The molecule has 4 nitrogen and oxygen atoms in total. The van der Waals surface area contributed by atoms with Crippen LogP contribution in [0.1, 0.15) is 40.5 Å². The standard InChI is InChI=1S/C18H26BrClN2O2/c1-12(21-14-7-8-16(20)15(19)10-14)13-6-5-9-22(11-13)17(23)24-18(2,3)4/h7-8,10,12-13,21H,5-6,9,11H2,1-4H3. The Bertz CT molecular complexity index is 589.